The van der Waals surface area contributed by atoms with Crippen LogP contribution in [0.2, 0.25) is 0 Å². The van der Waals surface area contributed by atoms with E-state index in [4.69, 9.17) is 9.47 Å². The first-order valence-electron chi connectivity index (χ1n) is 8.30. The quantitative estimate of drug-likeness (QED) is 0.541. The molecular weight excluding hydrogens is 352 g/mol. The van der Waals surface area contributed by atoms with Crippen molar-refractivity contribution >= 4 is 17.3 Å². The molecule has 2 N–H and O–H groups in total. The number of amides is 1. The number of methoxy groups -OCH3 is 2. The Bertz CT molecular complexity index is 837. The molecule has 0 aliphatic rings. The van der Waals surface area contributed by atoms with Gasteiger partial charge in [-0.05, 0) is 37.6 Å². The lowest BCUT2D eigenvalue weighted by atomic mass is 10.0. The molecule has 0 fully saturated rings. The molecule has 0 saturated heterocycles. The highest BCUT2D eigenvalue weighted by Gasteiger charge is 2.16. The molecule has 0 aliphatic heterocycles. The number of nitro benzene ring substituents is 1. The van der Waals surface area contributed by atoms with Crippen molar-refractivity contribution in [3.05, 3.63) is 57.6 Å². The Labute approximate surface area is 156 Å². The van der Waals surface area contributed by atoms with E-state index in [0.29, 0.717) is 28.3 Å². The number of carbonyl (C=O) groups is 1. The predicted octanol–water partition coefficient (Wildman–Crippen LogP) is 3.37. The van der Waals surface area contributed by atoms with Crippen molar-refractivity contribution in [1.29, 1.82) is 0 Å². The topological polar surface area (TPSA) is 111 Å². The number of nitro groups is 1. The van der Waals surface area contributed by atoms with Crippen LogP contribution >= 0.6 is 0 Å². The van der Waals surface area contributed by atoms with Gasteiger partial charge in [0.1, 0.15) is 11.5 Å². The summed E-state index contributed by atoms with van der Waals surface area (Å²) in [7, 11) is 3.03. The molecule has 27 heavy (non-hydrogen) atoms. The van der Waals surface area contributed by atoms with E-state index in [2.05, 4.69) is 5.32 Å². The molecule has 2 aromatic carbocycles. The minimum atomic E-state index is -0.879. The third-order valence-corrected chi connectivity index (χ3v) is 4.12. The predicted molar refractivity (Wildman–Crippen MR) is 100 cm³/mol. The zero-order chi connectivity index (χ0) is 20.0. The minimum absolute atomic E-state index is 0.00461. The number of aliphatic hydroxyl groups excluding tert-OH is 1. The summed E-state index contributed by atoms with van der Waals surface area (Å²) in [4.78, 5) is 22.5. The van der Waals surface area contributed by atoms with Crippen molar-refractivity contribution in [3.63, 3.8) is 0 Å². The fourth-order valence-electron chi connectivity index (χ4n) is 2.68. The molecule has 0 saturated carbocycles. The van der Waals surface area contributed by atoms with Gasteiger partial charge in [0.05, 0.1) is 25.2 Å². The number of rotatable bonds is 8. The standard InChI is InChI=1S/C19H22N2O6/c1-12-10-13(4-7-16(12)21(24)25)20-19(23)9-8-17(22)15-6-5-14(26-2)11-18(15)27-3/h4-7,10-11,17,22H,8-9H2,1-3H3,(H,20,23). The van der Waals surface area contributed by atoms with Crippen molar-refractivity contribution < 1.29 is 24.3 Å². The monoisotopic (exact) mass is 374 g/mol. The second-order valence-corrected chi connectivity index (χ2v) is 5.97. The normalized spacial score (nSPS) is 11.6. The first-order chi connectivity index (χ1) is 12.8. The van der Waals surface area contributed by atoms with Crippen LogP contribution in [0.25, 0.3) is 0 Å². The zero-order valence-corrected chi connectivity index (χ0v) is 15.4. The van der Waals surface area contributed by atoms with Gasteiger partial charge in [0, 0.05) is 35.4 Å². The molecule has 2 aromatic rings. The van der Waals surface area contributed by atoms with Gasteiger partial charge in [0.2, 0.25) is 5.91 Å². The van der Waals surface area contributed by atoms with E-state index in [1.807, 2.05) is 0 Å². The lowest BCUT2D eigenvalue weighted by Gasteiger charge is -2.15. The average Bonchev–Trinajstić information content (AvgIpc) is 2.65. The number of nitrogens with one attached hydrogen (secondary N) is 1. The smallest absolute Gasteiger partial charge is 0.272 e. The molecular formula is C19H22N2O6. The van der Waals surface area contributed by atoms with Crippen molar-refractivity contribution in [3.8, 4) is 11.5 Å². The molecule has 0 heterocycles. The van der Waals surface area contributed by atoms with E-state index >= 15 is 0 Å². The van der Waals surface area contributed by atoms with Gasteiger partial charge in [0.25, 0.3) is 5.69 Å². The van der Waals surface area contributed by atoms with E-state index < -0.39 is 11.0 Å². The van der Waals surface area contributed by atoms with E-state index in [1.165, 1.54) is 26.4 Å². The first-order valence-corrected chi connectivity index (χ1v) is 8.30. The number of aryl methyl sites for hydroxylation is 1. The summed E-state index contributed by atoms with van der Waals surface area (Å²) in [5.74, 6) is 0.789. The molecule has 1 unspecified atom stereocenters. The van der Waals surface area contributed by atoms with Crippen LogP contribution in [-0.2, 0) is 4.79 Å². The SMILES string of the molecule is COc1ccc(C(O)CCC(=O)Nc2ccc([N+](=O)[O-])c(C)c2)c(OC)c1. The Balaban J connectivity index is 1.97. The molecule has 8 nitrogen and oxygen atoms in total. The Hall–Kier alpha value is -3.13. The van der Waals surface area contributed by atoms with Gasteiger partial charge < -0.3 is 19.9 Å². The van der Waals surface area contributed by atoms with Gasteiger partial charge >= 0.3 is 0 Å². The van der Waals surface area contributed by atoms with Crippen LogP contribution in [0.5, 0.6) is 11.5 Å². The number of ether oxygens (including phenoxy) is 2. The molecule has 0 bridgehead atoms. The van der Waals surface area contributed by atoms with Crippen LogP contribution in [0.4, 0.5) is 11.4 Å². The Morgan fingerprint density at radius 1 is 1.22 bits per heavy atom. The van der Waals surface area contributed by atoms with Gasteiger partial charge in [-0.1, -0.05) is 0 Å². The second-order valence-electron chi connectivity index (χ2n) is 5.97. The summed E-state index contributed by atoms with van der Waals surface area (Å²) in [5.41, 5.74) is 1.49. The molecule has 144 valence electrons. The summed E-state index contributed by atoms with van der Waals surface area (Å²) < 4.78 is 10.4. The van der Waals surface area contributed by atoms with E-state index in [9.17, 15) is 20.0 Å². The Morgan fingerprint density at radius 2 is 1.96 bits per heavy atom. The van der Waals surface area contributed by atoms with Gasteiger partial charge in [-0.3, -0.25) is 14.9 Å². The Morgan fingerprint density at radius 3 is 2.56 bits per heavy atom. The third-order valence-electron chi connectivity index (χ3n) is 4.12. The number of carbonyl (C=O) groups excluding carboxylic acids is 1. The highest BCUT2D eigenvalue weighted by atomic mass is 16.6. The average molecular weight is 374 g/mol. The highest BCUT2D eigenvalue weighted by Crippen LogP contribution is 2.31. The van der Waals surface area contributed by atoms with Gasteiger partial charge in [-0.15, -0.1) is 0 Å². The highest BCUT2D eigenvalue weighted by molar-refractivity contribution is 5.91. The van der Waals surface area contributed by atoms with Crippen molar-refractivity contribution in [2.45, 2.75) is 25.9 Å². The molecule has 0 aromatic heterocycles. The molecule has 0 radical (unpaired) electrons. The first kappa shape index (κ1) is 20.2. The maximum atomic E-state index is 12.1. The lowest BCUT2D eigenvalue weighted by molar-refractivity contribution is -0.385. The van der Waals surface area contributed by atoms with E-state index in [-0.39, 0.29) is 24.4 Å². The third kappa shape index (κ3) is 5.18. The fourth-order valence-corrected chi connectivity index (χ4v) is 2.68. The largest absolute Gasteiger partial charge is 0.497 e. The summed E-state index contributed by atoms with van der Waals surface area (Å²) in [6, 6.07) is 9.44. The summed E-state index contributed by atoms with van der Waals surface area (Å²) in [6.45, 7) is 1.60. The zero-order valence-electron chi connectivity index (χ0n) is 15.4. The summed E-state index contributed by atoms with van der Waals surface area (Å²) >= 11 is 0. The minimum Gasteiger partial charge on any atom is -0.497 e. The lowest BCUT2D eigenvalue weighted by Crippen LogP contribution is -2.13. The number of nitrogens with zero attached hydrogens (tertiary/aromatic N) is 1. The van der Waals surface area contributed by atoms with E-state index in [0.717, 1.165) is 0 Å². The van der Waals surface area contributed by atoms with Crippen LogP contribution in [0.1, 0.15) is 30.1 Å². The van der Waals surface area contributed by atoms with Crippen molar-refractivity contribution in [2.24, 2.45) is 0 Å². The van der Waals surface area contributed by atoms with Crippen LogP contribution < -0.4 is 14.8 Å². The maximum Gasteiger partial charge on any atom is 0.272 e. The number of aliphatic hydroxyl groups is 1. The second kappa shape index (κ2) is 9.00. The van der Waals surface area contributed by atoms with Crippen molar-refractivity contribution in [1.82, 2.24) is 0 Å². The maximum absolute atomic E-state index is 12.1. The molecule has 8 heteroatoms. The number of hydrogen-bond acceptors (Lipinski definition) is 6. The fraction of sp³-hybridized carbons (Fsp3) is 0.316. The van der Waals surface area contributed by atoms with E-state index in [1.54, 1.807) is 31.2 Å². The molecule has 1 atom stereocenters. The van der Waals surface area contributed by atoms with Gasteiger partial charge in [-0.25, -0.2) is 0 Å². The molecule has 0 spiro atoms. The van der Waals surface area contributed by atoms with Crippen LogP contribution in [0.3, 0.4) is 0 Å². The number of hydrogen-bond donors (Lipinski definition) is 2. The molecule has 2 rings (SSSR count). The number of anilines is 1. The van der Waals surface area contributed by atoms with Gasteiger partial charge in [-0.2, -0.15) is 0 Å². The number of benzene rings is 2. The van der Waals surface area contributed by atoms with Crippen LogP contribution in [0, 0.1) is 17.0 Å². The van der Waals surface area contributed by atoms with Gasteiger partial charge in [0.15, 0.2) is 0 Å². The van der Waals surface area contributed by atoms with Crippen LogP contribution in [-0.4, -0.2) is 30.2 Å². The molecule has 0 aliphatic carbocycles. The summed E-state index contributed by atoms with van der Waals surface area (Å²) in [6.07, 6.45) is -0.609. The van der Waals surface area contributed by atoms with Crippen LogP contribution in [0.15, 0.2) is 36.4 Å². The molecule has 1 amide bonds. The summed E-state index contributed by atoms with van der Waals surface area (Å²) in [5, 5.41) is 23.9. The Kier molecular flexibility index (Phi) is 6.73. The van der Waals surface area contributed by atoms with Crippen molar-refractivity contribution in [2.75, 3.05) is 19.5 Å².